The fraction of sp³-hybridized carbons (Fsp3) is 0.300. The number of ketones is 1. The molecule has 1 saturated heterocycles. The number of hydrogen-bond acceptors (Lipinski definition) is 5. The van der Waals surface area contributed by atoms with E-state index >= 15 is 0 Å². The van der Waals surface area contributed by atoms with E-state index in [4.69, 9.17) is 4.74 Å². The number of Topliss-reactive ketones (excluding diaryl/α,β-unsaturated/α-hetero) is 1. The van der Waals surface area contributed by atoms with Crippen molar-refractivity contribution < 1.29 is 27.1 Å². The van der Waals surface area contributed by atoms with Gasteiger partial charge in [0.1, 0.15) is 5.82 Å². The SMILES string of the molecule is O=C(CCC(=O)c1ccc(F)cc1)Nc1ccc(S(=O)(=O)N2CCOCC2)cc1. The fourth-order valence-corrected chi connectivity index (χ4v) is 4.28. The molecule has 0 spiro atoms. The largest absolute Gasteiger partial charge is 0.379 e. The van der Waals surface area contributed by atoms with Crippen molar-refractivity contribution in [2.24, 2.45) is 0 Å². The smallest absolute Gasteiger partial charge is 0.243 e. The Kier molecular flexibility index (Phi) is 6.73. The van der Waals surface area contributed by atoms with Crippen molar-refractivity contribution in [2.75, 3.05) is 31.6 Å². The van der Waals surface area contributed by atoms with Gasteiger partial charge in [0.15, 0.2) is 5.78 Å². The van der Waals surface area contributed by atoms with E-state index in [0.717, 1.165) is 0 Å². The van der Waals surface area contributed by atoms with Gasteiger partial charge in [-0.25, -0.2) is 12.8 Å². The normalized spacial score (nSPS) is 15.1. The molecule has 0 saturated carbocycles. The molecule has 0 unspecified atom stereocenters. The van der Waals surface area contributed by atoms with E-state index in [1.54, 1.807) is 0 Å². The number of rotatable bonds is 7. The lowest BCUT2D eigenvalue weighted by atomic mass is 10.1. The van der Waals surface area contributed by atoms with Crippen LogP contribution in [0.15, 0.2) is 53.4 Å². The van der Waals surface area contributed by atoms with Gasteiger partial charge < -0.3 is 10.1 Å². The van der Waals surface area contributed by atoms with E-state index in [9.17, 15) is 22.4 Å². The Morgan fingerprint density at radius 3 is 2.21 bits per heavy atom. The molecule has 0 radical (unpaired) electrons. The zero-order chi connectivity index (χ0) is 20.9. The van der Waals surface area contributed by atoms with Gasteiger partial charge in [-0.3, -0.25) is 9.59 Å². The number of amides is 1. The summed E-state index contributed by atoms with van der Waals surface area (Å²) in [5, 5.41) is 2.64. The zero-order valence-corrected chi connectivity index (χ0v) is 16.5. The van der Waals surface area contributed by atoms with Crippen LogP contribution in [0.25, 0.3) is 0 Å². The first-order valence-electron chi connectivity index (χ1n) is 9.13. The summed E-state index contributed by atoms with van der Waals surface area (Å²) in [6, 6.07) is 11.0. The maximum atomic E-state index is 12.9. The van der Waals surface area contributed by atoms with Crippen molar-refractivity contribution in [3.63, 3.8) is 0 Å². The summed E-state index contributed by atoms with van der Waals surface area (Å²) in [5.74, 6) is -1.06. The number of nitrogens with zero attached hydrogens (tertiary/aromatic N) is 1. The van der Waals surface area contributed by atoms with Crippen LogP contribution >= 0.6 is 0 Å². The van der Waals surface area contributed by atoms with Gasteiger partial charge >= 0.3 is 0 Å². The maximum Gasteiger partial charge on any atom is 0.243 e. The number of ether oxygens (including phenoxy) is 1. The van der Waals surface area contributed by atoms with Crippen LogP contribution in [0.5, 0.6) is 0 Å². The number of halogens is 1. The number of benzene rings is 2. The lowest BCUT2D eigenvalue weighted by Gasteiger charge is -2.26. The highest BCUT2D eigenvalue weighted by Crippen LogP contribution is 2.19. The Labute approximate surface area is 168 Å². The summed E-state index contributed by atoms with van der Waals surface area (Å²) in [7, 11) is -3.59. The van der Waals surface area contributed by atoms with Crippen molar-refractivity contribution in [2.45, 2.75) is 17.7 Å². The fourth-order valence-electron chi connectivity index (χ4n) is 2.88. The molecule has 2 aromatic rings. The topological polar surface area (TPSA) is 92.8 Å². The van der Waals surface area contributed by atoms with Crippen molar-refractivity contribution in [1.29, 1.82) is 0 Å². The van der Waals surface area contributed by atoms with Crippen LogP contribution in [0.3, 0.4) is 0 Å². The Morgan fingerprint density at radius 1 is 0.966 bits per heavy atom. The van der Waals surface area contributed by atoms with Crippen LogP contribution in [0.1, 0.15) is 23.2 Å². The van der Waals surface area contributed by atoms with E-state index in [1.807, 2.05) is 0 Å². The van der Waals surface area contributed by atoms with E-state index in [0.29, 0.717) is 37.6 Å². The average Bonchev–Trinajstić information content (AvgIpc) is 2.73. The number of nitrogens with one attached hydrogen (secondary N) is 1. The molecule has 154 valence electrons. The predicted octanol–water partition coefficient (Wildman–Crippen LogP) is 2.45. The molecule has 3 rings (SSSR count). The molecule has 0 aromatic heterocycles. The van der Waals surface area contributed by atoms with Gasteiger partial charge in [0.2, 0.25) is 15.9 Å². The molecule has 2 aromatic carbocycles. The predicted molar refractivity (Wildman–Crippen MR) is 105 cm³/mol. The highest BCUT2D eigenvalue weighted by molar-refractivity contribution is 7.89. The zero-order valence-electron chi connectivity index (χ0n) is 15.6. The lowest BCUT2D eigenvalue weighted by Crippen LogP contribution is -2.40. The summed E-state index contributed by atoms with van der Waals surface area (Å²) in [5.41, 5.74) is 0.780. The highest BCUT2D eigenvalue weighted by Gasteiger charge is 2.26. The standard InChI is InChI=1S/C20H21FN2O5S/c21-16-3-1-15(2-4-16)19(24)9-10-20(25)22-17-5-7-18(8-6-17)29(26,27)23-11-13-28-14-12-23/h1-8H,9-14H2,(H,22,25). The van der Waals surface area contributed by atoms with E-state index in [1.165, 1.54) is 52.8 Å². The minimum absolute atomic E-state index is 0.0129. The quantitative estimate of drug-likeness (QED) is 0.695. The second kappa shape index (κ2) is 9.25. The molecule has 7 nitrogen and oxygen atoms in total. The molecule has 1 heterocycles. The number of sulfonamides is 1. The number of morpholine rings is 1. The summed E-state index contributed by atoms with van der Waals surface area (Å²) in [6.07, 6.45) is -0.0506. The van der Waals surface area contributed by atoms with Crippen LogP contribution in [-0.4, -0.2) is 50.7 Å². The second-order valence-corrected chi connectivity index (χ2v) is 8.46. The summed E-state index contributed by atoms with van der Waals surface area (Å²) in [4.78, 5) is 24.2. The van der Waals surface area contributed by atoms with Crippen molar-refractivity contribution in [3.05, 3.63) is 59.9 Å². The third kappa shape index (κ3) is 5.47. The van der Waals surface area contributed by atoms with Gasteiger partial charge in [-0.15, -0.1) is 0 Å². The lowest BCUT2D eigenvalue weighted by molar-refractivity contribution is -0.116. The van der Waals surface area contributed by atoms with E-state index in [2.05, 4.69) is 5.32 Å². The van der Waals surface area contributed by atoms with Crippen LogP contribution < -0.4 is 5.32 Å². The van der Waals surface area contributed by atoms with Crippen LogP contribution in [0, 0.1) is 5.82 Å². The van der Waals surface area contributed by atoms with Gasteiger partial charge in [-0.05, 0) is 48.5 Å². The van der Waals surface area contributed by atoms with Crippen molar-refractivity contribution >= 4 is 27.4 Å². The number of carbonyl (C=O) groups is 2. The van der Waals surface area contributed by atoms with Gasteiger partial charge in [-0.1, -0.05) is 0 Å². The minimum Gasteiger partial charge on any atom is -0.379 e. The Hall–Kier alpha value is -2.62. The van der Waals surface area contributed by atoms with Crippen molar-refractivity contribution in [3.8, 4) is 0 Å². The van der Waals surface area contributed by atoms with Crippen LogP contribution in [0.4, 0.5) is 10.1 Å². The number of carbonyl (C=O) groups excluding carboxylic acids is 2. The van der Waals surface area contributed by atoms with Gasteiger partial charge in [0.05, 0.1) is 18.1 Å². The molecule has 0 atom stereocenters. The molecule has 0 bridgehead atoms. The Balaban J connectivity index is 1.54. The monoisotopic (exact) mass is 420 g/mol. The Morgan fingerprint density at radius 2 is 1.59 bits per heavy atom. The molecule has 1 amide bonds. The van der Waals surface area contributed by atoms with Gasteiger partial charge in [0.25, 0.3) is 0 Å². The van der Waals surface area contributed by atoms with Crippen LogP contribution in [-0.2, 0) is 19.6 Å². The number of anilines is 1. The third-order valence-electron chi connectivity index (χ3n) is 4.49. The molecular weight excluding hydrogens is 399 g/mol. The molecule has 1 aliphatic rings. The maximum absolute atomic E-state index is 12.9. The van der Waals surface area contributed by atoms with E-state index < -0.39 is 15.8 Å². The first-order valence-corrected chi connectivity index (χ1v) is 10.6. The molecule has 0 aliphatic carbocycles. The first kappa shape index (κ1) is 21.1. The molecule has 1 aliphatic heterocycles. The second-order valence-electron chi connectivity index (χ2n) is 6.52. The summed E-state index contributed by atoms with van der Waals surface area (Å²) >= 11 is 0. The van der Waals surface area contributed by atoms with E-state index in [-0.39, 0.29) is 29.4 Å². The molecule has 9 heteroatoms. The third-order valence-corrected chi connectivity index (χ3v) is 6.40. The van der Waals surface area contributed by atoms with Gasteiger partial charge in [-0.2, -0.15) is 4.31 Å². The van der Waals surface area contributed by atoms with Crippen molar-refractivity contribution in [1.82, 2.24) is 4.31 Å². The number of hydrogen-bond donors (Lipinski definition) is 1. The summed E-state index contributed by atoms with van der Waals surface area (Å²) in [6.45, 7) is 1.35. The van der Waals surface area contributed by atoms with Crippen LogP contribution in [0.2, 0.25) is 0 Å². The Bertz CT molecular complexity index is 969. The van der Waals surface area contributed by atoms with Gasteiger partial charge in [0, 0.05) is 37.2 Å². The molecular formula is C20H21FN2O5S. The minimum atomic E-state index is -3.59. The first-order chi connectivity index (χ1) is 13.9. The highest BCUT2D eigenvalue weighted by atomic mass is 32.2. The summed E-state index contributed by atoms with van der Waals surface area (Å²) < 4.78 is 44.6. The average molecular weight is 420 g/mol. The molecule has 1 N–H and O–H groups in total. The molecule has 1 fully saturated rings. The molecule has 29 heavy (non-hydrogen) atoms.